The van der Waals surface area contributed by atoms with E-state index < -0.39 is 0 Å². The predicted octanol–water partition coefficient (Wildman–Crippen LogP) is 3.73. The number of anilines is 1. The minimum Gasteiger partial charge on any atom is -0.392 e. The van der Waals surface area contributed by atoms with Crippen molar-refractivity contribution in [2.75, 3.05) is 32.1 Å². The molecule has 1 heterocycles. The third-order valence-corrected chi connectivity index (χ3v) is 5.01. The predicted molar refractivity (Wildman–Crippen MR) is 110 cm³/mol. The first-order valence-electron chi connectivity index (χ1n) is 9.32. The van der Waals surface area contributed by atoms with E-state index in [0.29, 0.717) is 6.54 Å². The highest BCUT2D eigenvalue weighted by atomic mass is 16.3. The number of aromatic amines is 1. The highest BCUT2D eigenvalue weighted by Gasteiger charge is 2.18. The highest BCUT2D eigenvalue weighted by molar-refractivity contribution is 5.84. The summed E-state index contributed by atoms with van der Waals surface area (Å²) in [5.74, 6) is 0.228. The molecule has 3 rings (SSSR count). The average Bonchev–Trinajstić information content (AvgIpc) is 3.09. The molecule has 2 aromatic carbocycles. The fraction of sp³-hybridized carbons (Fsp3) is 0.364. The second kappa shape index (κ2) is 8.39. The number of para-hydroxylation sites is 1. The number of aliphatic hydroxyl groups excluding tert-OH is 1. The van der Waals surface area contributed by atoms with Gasteiger partial charge in [0.2, 0.25) is 0 Å². The van der Waals surface area contributed by atoms with Crippen LogP contribution in [-0.2, 0) is 0 Å². The smallest absolute Gasteiger partial charge is 0.0662 e. The van der Waals surface area contributed by atoms with Crippen molar-refractivity contribution >= 4 is 16.6 Å². The van der Waals surface area contributed by atoms with Crippen molar-refractivity contribution in [3.05, 3.63) is 65.9 Å². The molecule has 0 aliphatic rings. The zero-order valence-electron chi connectivity index (χ0n) is 15.9. The van der Waals surface area contributed by atoms with Gasteiger partial charge in [-0.1, -0.05) is 37.3 Å². The number of rotatable bonds is 8. The SMILES string of the molecule is CCC(O)CNCC(c1ccc(N(C)C)cc1)c1c[nH]c2ccccc12. The van der Waals surface area contributed by atoms with Crippen LogP contribution in [0.4, 0.5) is 5.69 Å². The van der Waals surface area contributed by atoms with Crippen LogP contribution >= 0.6 is 0 Å². The van der Waals surface area contributed by atoms with E-state index in [1.807, 2.05) is 6.92 Å². The van der Waals surface area contributed by atoms with Crippen LogP contribution in [0.5, 0.6) is 0 Å². The molecule has 26 heavy (non-hydrogen) atoms. The van der Waals surface area contributed by atoms with E-state index in [9.17, 15) is 5.11 Å². The molecule has 3 aromatic rings. The Morgan fingerprint density at radius 2 is 1.77 bits per heavy atom. The largest absolute Gasteiger partial charge is 0.392 e. The van der Waals surface area contributed by atoms with Gasteiger partial charge in [0.15, 0.2) is 0 Å². The molecule has 4 nitrogen and oxygen atoms in total. The first kappa shape index (κ1) is 18.5. The number of hydrogen-bond acceptors (Lipinski definition) is 3. The Kier molecular flexibility index (Phi) is 5.96. The number of H-pyrrole nitrogens is 1. The topological polar surface area (TPSA) is 51.3 Å². The van der Waals surface area contributed by atoms with Crippen LogP contribution < -0.4 is 10.2 Å². The highest BCUT2D eigenvalue weighted by Crippen LogP contribution is 2.31. The lowest BCUT2D eigenvalue weighted by Gasteiger charge is -2.20. The van der Waals surface area contributed by atoms with Crippen molar-refractivity contribution in [2.24, 2.45) is 0 Å². The van der Waals surface area contributed by atoms with Gasteiger partial charge in [-0.3, -0.25) is 0 Å². The van der Waals surface area contributed by atoms with Crippen molar-refractivity contribution in [2.45, 2.75) is 25.4 Å². The Balaban J connectivity index is 1.91. The van der Waals surface area contributed by atoms with Gasteiger partial charge in [0.1, 0.15) is 0 Å². The number of aromatic nitrogens is 1. The zero-order valence-corrected chi connectivity index (χ0v) is 15.9. The summed E-state index contributed by atoms with van der Waals surface area (Å²) in [7, 11) is 4.11. The summed E-state index contributed by atoms with van der Waals surface area (Å²) in [6.07, 6.45) is 2.59. The Morgan fingerprint density at radius 3 is 2.46 bits per heavy atom. The lowest BCUT2D eigenvalue weighted by Crippen LogP contribution is -2.30. The Bertz CT molecular complexity index is 823. The van der Waals surface area contributed by atoms with Crippen LogP contribution in [0.15, 0.2) is 54.7 Å². The van der Waals surface area contributed by atoms with Crippen molar-refractivity contribution in [3.8, 4) is 0 Å². The lowest BCUT2D eigenvalue weighted by molar-refractivity contribution is 0.167. The molecule has 138 valence electrons. The molecule has 0 radical (unpaired) electrons. The Morgan fingerprint density at radius 1 is 1.04 bits per heavy atom. The van der Waals surface area contributed by atoms with Crippen LogP contribution in [0.25, 0.3) is 10.9 Å². The minimum absolute atomic E-state index is 0.228. The third kappa shape index (κ3) is 4.09. The molecule has 4 heteroatoms. The summed E-state index contributed by atoms with van der Waals surface area (Å²) >= 11 is 0. The van der Waals surface area contributed by atoms with E-state index in [1.54, 1.807) is 0 Å². The van der Waals surface area contributed by atoms with Crippen molar-refractivity contribution in [1.29, 1.82) is 0 Å². The van der Waals surface area contributed by atoms with Gasteiger partial charge in [0, 0.05) is 55.9 Å². The van der Waals surface area contributed by atoms with Crippen LogP contribution in [0.1, 0.15) is 30.4 Å². The summed E-state index contributed by atoms with van der Waals surface area (Å²) in [6, 6.07) is 17.2. The number of aliphatic hydroxyl groups is 1. The van der Waals surface area contributed by atoms with Gasteiger partial charge in [0.25, 0.3) is 0 Å². The van der Waals surface area contributed by atoms with Gasteiger partial charge in [-0.25, -0.2) is 0 Å². The van der Waals surface area contributed by atoms with Gasteiger partial charge < -0.3 is 20.3 Å². The van der Waals surface area contributed by atoms with Gasteiger partial charge in [-0.2, -0.15) is 0 Å². The molecule has 2 atom stereocenters. The van der Waals surface area contributed by atoms with Crippen molar-refractivity contribution in [1.82, 2.24) is 10.3 Å². The van der Waals surface area contributed by atoms with Crippen LogP contribution in [-0.4, -0.2) is 43.4 Å². The summed E-state index contributed by atoms with van der Waals surface area (Å²) in [4.78, 5) is 5.50. The number of nitrogens with zero attached hydrogens (tertiary/aromatic N) is 1. The average molecular weight is 351 g/mol. The molecule has 0 saturated carbocycles. The monoisotopic (exact) mass is 351 g/mol. The first-order chi connectivity index (χ1) is 12.6. The number of fused-ring (bicyclic) bond motifs is 1. The normalized spacial score (nSPS) is 13.7. The van der Waals surface area contributed by atoms with Crippen molar-refractivity contribution in [3.63, 3.8) is 0 Å². The maximum Gasteiger partial charge on any atom is 0.0662 e. The third-order valence-electron chi connectivity index (χ3n) is 5.01. The maximum atomic E-state index is 9.87. The molecule has 0 bridgehead atoms. The van der Waals surface area contributed by atoms with Gasteiger partial charge in [-0.15, -0.1) is 0 Å². The van der Waals surface area contributed by atoms with E-state index in [4.69, 9.17) is 0 Å². The second-order valence-electron chi connectivity index (χ2n) is 7.05. The molecule has 0 spiro atoms. The van der Waals surface area contributed by atoms with Crippen LogP contribution in [0, 0.1) is 0 Å². The molecule has 1 aromatic heterocycles. The summed E-state index contributed by atoms with van der Waals surface area (Å²) in [5, 5.41) is 14.6. The fourth-order valence-electron chi connectivity index (χ4n) is 3.33. The number of hydrogen-bond donors (Lipinski definition) is 3. The van der Waals surface area contributed by atoms with Crippen molar-refractivity contribution < 1.29 is 5.11 Å². The Labute approximate surface area is 155 Å². The van der Waals surface area contributed by atoms with E-state index in [1.165, 1.54) is 22.2 Å². The summed E-state index contributed by atoms with van der Waals surface area (Å²) in [5.41, 5.74) is 4.92. The first-order valence-corrected chi connectivity index (χ1v) is 9.32. The molecule has 0 saturated heterocycles. The maximum absolute atomic E-state index is 9.87. The molecule has 2 unspecified atom stereocenters. The lowest BCUT2D eigenvalue weighted by atomic mass is 9.90. The molecular formula is C22H29N3O. The molecule has 3 N–H and O–H groups in total. The molecule has 0 fully saturated rings. The van der Waals surface area contributed by atoms with Gasteiger partial charge in [-0.05, 0) is 35.7 Å². The van der Waals surface area contributed by atoms with E-state index in [0.717, 1.165) is 18.5 Å². The van der Waals surface area contributed by atoms with Crippen LogP contribution in [0.3, 0.4) is 0 Å². The fourth-order valence-corrected chi connectivity index (χ4v) is 3.33. The molecule has 0 aliphatic carbocycles. The summed E-state index contributed by atoms with van der Waals surface area (Å²) < 4.78 is 0. The molecular weight excluding hydrogens is 322 g/mol. The number of benzene rings is 2. The van der Waals surface area contributed by atoms with Gasteiger partial charge >= 0.3 is 0 Å². The van der Waals surface area contributed by atoms with Gasteiger partial charge in [0.05, 0.1) is 6.10 Å². The summed E-state index contributed by atoms with van der Waals surface area (Å²) in [6.45, 7) is 3.41. The second-order valence-corrected chi connectivity index (χ2v) is 7.05. The zero-order chi connectivity index (χ0) is 18.5. The van der Waals surface area contributed by atoms with E-state index in [2.05, 4.69) is 84.0 Å². The molecule has 0 amide bonds. The van der Waals surface area contributed by atoms with Crippen LogP contribution in [0.2, 0.25) is 0 Å². The Hall–Kier alpha value is -2.30. The minimum atomic E-state index is -0.297. The van der Waals surface area contributed by atoms with E-state index >= 15 is 0 Å². The van der Waals surface area contributed by atoms with E-state index in [-0.39, 0.29) is 12.0 Å². The standard InChI is InChI=1S/C22H29N3O/c1-4-18(26)13-23-14-20(16-9-11-17(12-10-16)25(2)3)21-15-24-22-8-6-5-7-19(21)22/h5-12,15,18,20,23-24,26H,4,13-14H2,1-3H3. The molecule has 0 aliphatic heterocycles. The quantitative estimate of drug-likeness (QED) is 0.580. The number of nitrogens with one attached hydrogen (secondary N) is 2.